The summed E-state index contributed by atoms with van der Waals surface area (Å²) in [5.41, 5.74) is 2.80. The number of nitrogens with zero attached hydrogens (tertiary/aromatic N) is 2. The van der Waals surface area contributed by atoms with Crippen molar-refractivity contribution in [3.63, 3.8) is 0 Å². The van der Waals surface area contributed by atoms with Crippen LogP contribution in [0.4, 0.5) is 11.5 Å². The molecular formula is C21H22N4O4. The first-order valence-corrected chi connectivity index (χ1v) is 9.76. The van der Waals surface area contributed by atoms with E-state index in [0.717, 1.165) is 35.2 Å². The monoisotopic (exact) mass is 394 g/mol. The lowest BCUT2D eigenvalue weighted by Gasteiger charge is -2.29. The number of morpholine rings is 1. The number of rotatable bonds is 4. The van der Waals surface area contributed by atoms with Crippen molar-refractivity contribution in [1.29, 1.82) is 0 Å². The van der Waals surface area contributed by atoms with Gasteiger partial charge in [0.2, 0.25) is 5.91 Å². The lowest BCUT2D eigenvalue weighted by molar-refractivity contribution is -0.115. The summed E-state index contributed by atoms with van der Waals surface area (Å²) in [4.78, 5) is 15.0. The number of amides is 1. The van der Waals surface area contributed by atoms with Crippen molar-refractivity contribution in [2.24, 2.45) is 0 Å². The van der Waals surface area contributed by atoms with Gasteiger partial charge < -0.3 is 24.4 Å². The van der Waals surface area contributed by atoms with Gasteiger partial charge in [0.25, 0.3) is 0 Å². The van der Waals surface area contributed by atoms with Crippen molar-refractivity contribution in [2.45, 2.75) is 6.42 Å². The zero-order chi connectivity index (χ0) is 19.6. The number of aromatic nitrogens is 2. The van der Waals surface area contributed by atoms with Crippen molar-refractivity contribution in [3.8, 4) is 11.5 Å². The van der Waals surface area contributed by atoms with Gasteiger partial charge >= 0.3 is 0 Å². The van der Waals surface area contributed by atoms with Gasteiger partial charge in [0.1, 0.15) is 13.2 Å². The quantitative estimate of drug-likeness (QED) is 0.706. The molecule has 2 aliphatic rings. The summed E-state index contributed by atoms with van der Waals surface area (Å²) in [6.07, 6.45) is 0.227. The van der Waals surface area contributed by atoms with E-state index in [1.165, 1.54) is 0 Å². The van der Waals surface area contributed by atoms with E-state index in [1.807, 2.05) is 30.3 Å². The predicted molar refractivity (Wildman–Crippen MR) is 109 cm³/mol. The van der Waals surface area contributed by atoms with Crippen molar-refractivity contribution in [2.75, 3.05) is 49.7 Å². The first kappa shape index (κ1) is 17.8. The van der Waals surface area contributed by atoms with Crippen molar-refractivity contribution >= 4 is 28.3 Å². The lowest BCUT2D eigenvalue weighted by Crippen LogP contribution is -2.36. The summed E-state index contributed by atoms with van der Waals surface area (Å²) in [6, 6.07) is 11.6. The van der Waals surface area contributed by atoms with E-state index >= 15 is 0 Å². The summed E-state index contributed by atoms with van der Waals surface area (Å²) in [5.74, 6) is 1.81. The molecule has 8 nitrogen and oxygen atoms in total. The van der Waals surface area contributed by atoms with E-state index in [0.29, 0.717) is 43.7 Å². The Labute approximate surface area is 167 Å². The van der Waals surface area contributed by atoms with E-state index in [9.17, 15) is 4.79 Å². The molecule has 29 heavy (non-hydrogen) atoms. The molecule has 0 saturated carbocycles. The molecule has 0 aliphatic carbocycles. The number of hydrogen-bond donors (Lipinski definition) is 2. The van der Waals surface area contributed by atoms with Gasteiger partial charge in [-0.05, 0) is 29.8 Å². The zero-order valence-corrected chi connectivity index (χ0v) is 15.9. The fourth-order valence-corrected chi connectivity index (χ4v) is 3.77. The third kappa shape index (κ3) is 3.58. The minimum absolute atomic E-state index is 0.133. The van der Waals surface area contributed by atoms with Gasteiger partial charge in [0.05, 0.1) is 36.2 Å². The van der Waals surface area contributed by atoms with Crippen LogP contribution in [0.15, 0.2) is 36.4 Å². The Kier molecular flexibility index (Phi) is 4.69. The Bertz CT molecular complexity index is 1040. The van der Waals surface area contributed by atoms with Gasteiger partial charge in [-0.25, -0.2) is 0 Å². The molecule has 5 rings (SSSR count). The second kappa shape index (κ2) is 7.63. The van der Waals surface area contributed by atoms with Crippen LogP contribution in [0.25, 0.3) is 10.9 Å². The van der Waals surface area contributed by atoms with Gasteiger partial charge in [0, 0.05) is 13.1 Å². The van der Waals surface area contributed by atoms with Crippen LogP contribution >= 0.6 is 0 Å². The van der Waals surface area contributed by atoms with Crippen LogP contribution in [0.5, 0.6) is 11.5 Å². The highest BCUT2D eigenvalue weighted by molar-refractivity contribution is 6.06. The summed E-state index contributed by atoms with van der Waals surface area (Å²) < 4.78 is 16.6. The third-order valence-electron chi connectivity index (χ3n) is 5.15. The molecule has 3 aromatic rings. The Morgan fingerprint density at radius 3 is 2.76 bits per heavy atom. The average Bonchev–Trinajstić information content (AvgIpc) is 3.17. The van der Waals surface area contributed by atoms with Gasteiger partial charge in [-0.1, -0.05) is 12.1 Å². The molecule has 1 amide bonds. The van der Waals surface area contributed by atoms with Gasteiger partial charge in [-0.15, -0.1) is 0 Å². The second-order valence-electron chi connectivity index (χ2n) is 7.07. The first-order chi connectivity index (χ1) is 14.3. The summed E-state index contributed by atoms with van der Waals surface area (Å²) in [6.45, 7) is 4.08. The van der Waals surface area contributed by atoms with Crippen molar-refractivity contribution in [3.05, 3.63) is 42.0 Å². The van der Waals surface area contributed by atoms with Crippen molar-refractivity contribution in [1.82, 2.24) is 10.2 Å². The highest BCUT2D eigenvalue weighted by atomic mass is 16.6. The molecule has 1 fully saturated rings. The van der Waals surface area contributed by atoms with E-state index in [2.05, 4.69) is 26.5 Å². The fraction of sp³-hybridized carbons (Fsp3) is 0.333. The molecule has 8 heteroatoms. The topological polar surface area (TPSA) is 88.7 Å². The zero-order valence-electron chi connectivity index (χ0n) is 15.9. The van der Waals surface area contributed by atoms with Gasteiger partial charge in [0.15, 0.2) is 17.3 Å². The lowest BCUT2D eigenvalue weighted by atomic mass is 10.1. The number of nitrogens with one attached hydrogen (secondary N) is 2. The first-order valence-electron chi connectivity index (χ1n) is 9.76. The SMILES string of the molecule is O=C(Cc1ccc2c(c1)OCCO2)Nc1n[nH]c2cccc(N3CCOCC3)c12. The van der Waals surface area contributed by atoms with Crippen LogP contribution in [-0.4, -0.2) is 55.6 Å². The molecule has 1 saturated heterocycles. The highest BCUT2D eigenvalue weighted by Crippen LogP contribution is 2.33. The third-order valence-corrected chi connectivity index (χ3v) is 5.15. The van der Waals surface area contributed by atoms with Gasteiger partial charge in [-0.2, -0.15) is 5.10 Å². The Balaban J connectivity index is 1.36. The number of hydrogen-bond acceptors (Lipinski definition) is 6. The molecule has 0 unspecified atom stereocenters. The maximum Gasteiger partial charge on any atom is 0.230 e. The average molecular weight is 394 g/mol. The molecule has 3 heterocycles. The van der Waals surface area contributed by atoms with Gasteiger partial charge in [-0.3, -0.25) is 9.89 Å². The number of carbonyl (C=O) groups excluding carboxylic acids is 1. The standard InChI is InChI=1S/C21H22N4O4/c26-19(13-14-4-5-17-18(12-14)29-11-10-28-17)22-21-20-15(23-24-21)2-1-3-16(20)25-6-8-27-9-7-25/h1-5,12H,6-11,13H2,(H2,22,23,24,26). The van der Waals surface area contributed by atoms with Crippen LogP contribution in [-0.2, 0) is 16.0 Å². The number of fused-ring (bicyclic) bond motifs is 2. The van der Waals surface area contributed by atoms with E-state index in [4.69, 9.17) is 14.2 Å². The van der Waals surface area contributed by atoms with E-state index in [1.54, 1.807) is 0 Å². The van der Waals surface area contributed by atoms with E-state index in [-0.39, 0.29) is 12.3 Å². The van der Waals surface area contributed by atoms with Crippen molar-refractivity contribution < 1.29 is 19.0 Å². The molecule has 0 radical (unpaired) electrons. The summed E-state index contributed by atoms with van der Waals surface area (Å²) in [7, 11) is 0. The minimum atomic E-state index is -0.133. The molecule has 0 spiro atoms. The second-order valence-corrected chi connectivity index (χ2v) is 7.07. The van der Waals surface area contributed by atoms with Crippen LogP contribution in [0, 0.1) is 0 Å². The molecule has 0 bridgehead atoms. The number of aromatic amines is 1. The number of carbonyl (C=O) groups is 1. The molecule has 150 valence electrons. The Morgan fingerprint density at radius 2 is 1.90 bits per heavy atom. The molecule has 2 aromatic carbocycles. The fourth-order valence-electron chi connectivity index (χ4n) is 3.77. The number of ether oxygens (including phenoxy) is 3. The van der Waals surface area contributed by atoms with Crippen LogP contribution in [0.3, 0.4) is 0 Å². The van der Waals surface area contributed by atoms with Crippen LogP contribution in [0.1, 0.15) is 5.56 Å². The molecular weight excluding hydrogens is 372 g/mol. The maximum absolute atomic E-state index is 12.7. The van der Waals surface area contributed by atoms with Crippen LogP contribution < -0.4 is 19.7 Å². The number of H-pyrrole nitrogens is 1. The van der Waals surface area contributed by atoms with Crippen LogP contribution in [0.2, 0.25) is 0 Å². The maximum atomic E-state index is 12.7. The minimum Gasteiger partial charge on any atom is -0.486 e. The number of anilines is 2. The predicted octanol–water partition coefficient (Wildman–Crippen LogP) is 2.35. The molecule has 2 N–H and O–H groups in total. The molecule has 0 atom stereocenters. The number of benzene rings is 2. The largest absolute Gasteiger partial charge is 0.486 e. The smallest absolute Gasteiger partial charge is 0.230 e. The molecule has 2 aliphatic heterocycles. The van der Waals surface area contributed by atoms with E-state index < -0.39 is 0 Å². The summed E-state index contributed by atoms with van der Waals surface area (Å²) in [5, 5.41) is 11.2. The highest BCUT2D eigenvalue weighted by Gasteiger charge is 2.19. The normalized spacial score (nSPS) is 16.1. The Morgan fingerprint density at radius 1 is 1.07 bits per heavy atom. The Hall–Kier alpha value is -3.26. The summed E-state index contributed by atoms with van der Waals surface area (Å²) >= 11 is 0. The molecule has 1 aromatic heterocycles.